The minimum Gasteiger partial charge on any atom is -0.459 e. The van der Waals surface area contributed by atoms with Gasteiger partial charge in [0.15, 0.2) is 5.76 Å². The average Bonchev–Trinajstić information content (AvgIpc) is 3.22. The van der Waals surface area contributed by atoms with Crippen LogP contribution in [0.2, 0.25) is 0 Å². The third-order valence-corrected chi connectivity index (χ3v) is 5.11. The molecule has 3 heterocycles. The molecule has 0 saturated carbocycles. The maximum atomic E-state index is 13.2. The molecule has 0 aliphatic carbocycles. The van der Waals surface area contributed by atoms with E-state index in [1.54, 1.807) is 17.0 Å². The van der Waals surface area contributed by atoms with E-state index in [0.29, 0.717) is 31.8 Å². The molecule has 0 N–H and O–H groups in total. The summed E-state index contributed by atoms with van der Waals surface area (Å²) in [6.45, 7) is 11.0. The number of hydrogen-bond donors (Lipinski definition) is 0. The molecule has 24 heavy (non-hydrogen) atoms. The monoisotopic (exact) mass is 331 g/mol. The first-order valence-corrected chi connectivity index (χ1v) is 8.49. The average molecular weight is 331 g/mol. The van der Waals surface area contributed by atoms with Crippen LogP contribution in [0.15, 0.2) is 35.5 Å². The molecule has 2 fully saturated rings. The molecular formula is C18H25N3O3. The Labute approximate surface area is 142 Å². The fourth-order valence-electron chi connectivity index (χ4n) is 3.82. The number of rotatable bonds is 4. The minimum absolute atomic E-state index is 0.125. The lowest BCUT2D eigenvalue weighted by Crippen LogP contribution is -2.68. The molecular weight excluding hydrogens is 306 g/mol. The van der Waals surface area contributed by atoms with Gasteiger partial charge in [-0.2, -0.15) is 0 Å². The topological polar surface area (TPSA) is 57.0 Å². The minimum atomic E-state index is -0.640. The molecule has 0 radical (unpaired) electrons. The Morgan fingerprint density at radius 3 is 2.83 bits per heavy atom. The van der Waals surface area contributed by atoms with E-state index in [1.807, 2.05) is 24.8 Å². The number of hydrogen-bond acceptors (Lipinski definition) is 4. The van der Waals surface area contributed by atoms with Crippen molar-refractivity contribution in [2.75, 3.05) is 32.7 Å². The van der Waals surface area contributed by atoms with Gasteiger partial charge in [0.05, 0.1) is 6.26 Å². The van der Waals surface area contributed by atoms with Gasteiger partial charge in [-0.3, -0.25) is 14.5 Å². The van der Waals surface area contributed by atoms with Crippen molar-refractivity contribution in [1.82, 2.24) is 14.7 Å². The quantitative estimate of drug-likeness (QED) is 0.787. The Morgan fingerprint density at radius 1 is 1.42 bits per heavy atom. The van der Waals surface area contributed by atoms with Crippen molar-refractivity contribution < 1.29 is 14.0 Å². The number of nitrogens with zero attached hydrogens (tertiary/aromatic N) is 3. The molecule has 2 aliphatic rings. The molecule has 6 nitrogen and oxygen atoms in total. The molecule has 1 unspecified atom stereocenters. The maximum absolute atomic E-state index is 13.2. The summed E-state index contributed by atoms with van der Waals surface area (Å²) in [6.07, 6.45) is 3.97. The van der Waals surface area contributed by atoms with Crippen molar-refractivity contribution in [3.05, 3.63) is 36.8 Å². The summed E-state index contributed by atoms with van der Waals surface area (Å²) in [5.41, 5.74) is -0.640. The predicted octanol–water partition coefficient (Wildman–Crippen LogP) is 1.60. The van der Waals surface area contributed by atoms with Crippen molar-refractivity contribution >= 4 is 11.8 Å². The largest absolute Gasteiger partial charge is 0.459 e. The second-order valence-corrected chi connectivity index (χ2v) is 6.81. The van der Waals surface area contributed by atoms with E-state index in [4.69, 9.17) is 4.42 Å². The summed E-state index contributed by atoms with van der Waals surface area (Å²) in [5.74, 6) is 0.302. The van der Waals surface area contributed by atoms with Gasteiger partial charge in [0.2, 0.25) is 5.91 Å². The van der Waals surface area contributed by atoms with Crippen LogP contribution in [0.4, 0.5) is 0 Å². The van der Waals surface area contributed by atoms with E-state index in [0.717, 1.165) is 13.1 Å². The Kier molecular flexibility index (Phi) is 4.49. The number of amides is 2. The summed E-state index contributed by atoms with van der Waals surface area (Å²) < 4.78 is 5.23. The third kappa shape index (κ3) is 2.65. The van der Waals surface area contributed by atoms with Crippen LogP contribution in [-0.4, -0.2) is 70.8 Å². The zero-order chi connectivity index (χ0) is 17.3. The van der Waals surface area contributed by atoms with Crippen LogP contribution in [-0.2, 0) is 4.79 Å². The van der Waals surface area contributed by atoms with Gasteiger partial charge < -0.3 is 14.2 Å². The third-order valence-electron chi connectivity index (χ3n) is 5.11. The zero-order valence-corrected chi connectivity index (χ0v) is 14.4. The van der Waals surface area contributed by atoms with Crippen LogP contribution < -0.4 is 0 Å². The number of piperazine rings is 1. The first-order valence-electron chi connectivity index (χ1n) is 8.49. The van der Waals surface area contributed by atoms with Crippen LogP contribution in [0.25, 0.3) is 0 Å². The van der Waals surface area contributed by atoms with Crippen molar-refractivity contribution in [2.45, 2.75) is 31.8 Å². The zero-order valence-electron chi connectivity index (χ0n) is 14.4. The Balaban J connectivity index is 1.86. The summed E-state index contributed by atoms with van der Waals surface area (Å²) in [4.78, 5) is 31.6. The molecule has 2 aliphatic heterocycles. The number of furan rings is 1. The van der Waals surface area contributed by atoms with E-state index in [9.17, 15) is 9.59 Å². The molecule has 1 atom stereocenters. The first kappa shape index (κ1) is 16.8. The fourth-order valence-corrected chi connectivity index (χ4v) is 3.82. The molecule has 6 heteroatoms. The van der Waals surface area contributed by atoms with Crippen LogP contribution in [0.5, 0.6) is 0 Å². The predicted molar refractivity (Wildman–Crippen MR) is 90.6 cm³/mol. The highest BCUT2D eigenvalue weighted by Gasteiger charge is 2.54. The van der Waals surface area contributed by atoms with Gasteiger partial charge in [0, 0.05) is 38.8 Å². The molecule has 0 aromatic carbocycles. The highest BCUT2D eigenvalue weighted by atomic mass is 16.3. The highest BCUT2D eigenvalue weighted by Crippen LogP contribution is 2.34. The van der Waals surface area contributed by atoms with Crippen molar-refractivity contribution in [3.63, 3.8) is 0 Å². The molecule has 1 aromatic rings. The summed E-state index contributed by atoms with van der Waals surface area (Å²) in [5, 5.41) is 0. The van der Waals surface area contributed by atoms with Crippen LogP contribution >= 0.6 is 0 Å². The van der Waals surface area contributed by atoms with E-state index in [-0.39, 0.29) is 17.9 Å². The molecule has 2 amide bonds. The number of carbonyl (C=O) groups is 2. The number of likely N-dealkylation sites (tertiary alicyclic amines) is 1. The van der Waals surface area contributed by atoms with Crippen molar-refractivity contribution in [1.29, 1.82) is 0 Å². The number of carbonyl (C=O) groups excluding carboxylic acids is 2. The second-order valence-electron chi connectivity index (χ2n) is 6.81. The highest BCUT2D eigenvalue weighted by molar-refractivity contribution is 5.94. The van der Waals surface area contributed by atoms with E-state index < -0.39 is 5.54 Å². The molecule has 3 rings (SSSR count). The lowest BCUT2D eigenvalue weighted by atomic mass is 9.90. The van der Waals surface area contributed by atoms with E-state index in [1.165, 1.54) is 6.26 Å². The van der Waals surface area contributed by atoms with Gasteiger partial charge in [0.25, 0.3) is 5.91 Å². The summed E-state index contributed by atoms with van der Waals surface area (Å²) in [7, 11) is 0. The molecule has 0 bridgehead atoms. The summed E-state index contributed by atoms with van der Waals surface area (Å²) in [6, 6.07) is 3.53. The van der Waals surface area contributed by atoms with E-state index in [2.05, 4.69) is 11.5 Å². The second kappa shape index (κ2) is 6.43. The van der Waals surface area contributed by atoms with Crippen molar-refractivity contribution in [3.8, 4) is 0 Å². The smallest absolute Gasteiger partial charge is 0.289 e. The van der Waals surface area contributed by atoms with Crippen molar-refractivity contribution in [2.24, 2.45) is 0 Å². The van der Waals surface area contributed by atoms with Gasteiger partial charge in [-0.05, 0) is 32.4 Å². The summed E-state index contributed by atoms with van der Waals surface area (Å²) >= 11 is 0. The van der Waals surface area contributed by atoms with Crippen LogP contribution in [0.3, 0.4) is 0 Å². The Hall–Kier alpha value is -2.08. The van der Waals surface area contributed by atoms with Crippen LogP contribution in [0.1, 0.15) is 30.8 Å². The lowest BCUT2D eigenvalue weighted by Gasteiger charge is -2.48. The van der Waals surface area contributed by atoms with Gasteiger partial charge in [-0.15, -0.1) is 6.58 Å². The van der Waals surface area contributed by atoms with E-state index >= 15 is 0 Å². The lowest BCUT2D eigenvalue weighted by molar-refractivity contribution is -0.152. The standard InChI is InChI=1S/C18H25N3O3/c1-4-8-20-10-11-21(14(2)3)17(23)18(20)7-9-19(13-18)16(22)15-6-5-12-24-15/h4-6,12,14H,1,7-11,13H2,2-3H3. The van der Waals surface area contributed by atoms with Gasteiger partial charge in [-0.25, -0.2) is 0 Å². The van der Waals surface area contributed by atoms with Gasteiger partial charge in [0.1, 0.15) is 5.54 Å². The van der Waals surface area contributed by atoms with Gasteiger partial charge >= 0.3 is 0 Å². The Morgan fingerprint density at radius 2 is 2.21 bits per heavy atom. The SMILES string of the molecule is C=CCN1CCN(C(C)C)C(=O)C12CCN(C(=O)c1ccco1)C2. The molecule has 1 aromatic heterocycles. The normalized spacial score (nSPS) is 25.0. The molecule has 130 valence electrons. The Bertz CT molecular complexity index is 625. The molecule has 2 saturated heterocycles. The maximum Gasteiger partial charge on any atom is 0.289 e. The first-order chi connectivity index (χ1) is 11.5. The van der Waals surface area contributed by atoms with Gasteiger partial charge in [-0.1, -0.05) is 6.08 Å². The molecule has 1 spiro atoms. The van der Waals surface area contributed by atoms with Crippen LogP contribution in [0, 0.1) is 0 Å². The fraction of sp³-hybridized carbons (Fsp3) is 0.556.